The van der Waals surface area contributed by atoms with Gasteiger partial charge in [0.25, 0.3) is 0 Å². The van der Waals surface area contributed by atoms with E-state index in [0.29, 0.717) is 6.54 Å². The largest absolute Gasteiger partial charge is 0.478 e. The Labute approximate surface area is 104 Å². The van der Waals surface area contributed by atoms with Gasteiger partial charge in [0.05, 0.1) is 11.3 Å². The molecule has 0 fully saturated rings. The second-order valence-electron chi connectivity index (χ2n) is 3.69. The van der Waals surface area contributed by atoms with Gasteiger partial charge < -0.3 is 21.5 Å². The highest BCUT2D eigenvalue weighted by atomic mass is 16.4. The minimum absolute atomic E-state index is 0.0150. The highest BCUT2D eigenvalue weighted by Crippen LogP contribution is 2.20. The van der Waals surface area contributed by atoms with Gasteiger partial charge in [-0.1, -0.05) is 0 Å². The molecule has 5 N–H and O–H groups in total. The predicted molar refractivity (Wildman–Crippen MR) is 67.4 cm³/mol. The van der Waals surface area contributed by atoms with Crippen molar-refractivity contribution >= 4 is 23.4 Å². The van der Waals surface area contributed by atoms with Crippen LogP contribution in [0.2, 0.25) is 0 Å². The summed E-state index contributed by atoms with van der Waals surface area (Å²) in [5.41, 5.74) is 5.64. The van der Waals surface area contributed by atoms with Gasteiger partial charge in [-0.3, -0.25) is 4.79 Å². The van der Waals surface area contributed by atoms with Crippen LogP contribution in [-0.2, 0) is 4.79 Å². The average Bonchev–Trinajstić information content (AvgIpc) is 2.31. The number of amides is 1. The Morgan fingerprint density at radius 1 is 1.56 bits per heavy atom. The maximum atomic E-state index is 11.5. The molecule has 0 aliphatic rings. The van der Waals surface area contributed by atoms with Crippen LogP contribution in [0.25, 0.3) is 0 Å². The first-order valence-electron chi connectivity index (χ1n) is 5.49. The van der Waals surface area contributed by atoms with Gasteiger partial charge in [0.2, 0.25) is 5.91 Å². The van der Waals surface area contributed by atoms with E-state index in [4.69, 9.17) is 10.8 Å². The Kier molecular flexibility index (Phi) is 4.47. The van der Waals surface area contributed by atoms with Gasteiger partial charge in [-0.05, 0) is 19.9 Å². The van der Waals surface area contributed by atoms with Crippen molar-refractivity contribution in [2.75, 3.05) is 17.6 Å². The molecule has 1 aromatic heterocycles. The number of rotatable bonds is 5. The molecule has 0 bridgehead atoms. The van der Waals surface area contributed by atoms with Gasteiger partial charge in [0, 0.05) is 12.7 Å². The summed E-state index contributed by atoms with van der Waals surface area (Å²) in [5, 5.41) is 14.3. The summed E-state index contributed by atoms with van der Waals surface area (Å²) in [6.45, 7) is 3.96. The normalized spacial score (nSPS) is 11.7. The van der Waals surface area contributed by atoms with Crippen molar-refractivity contribution in [2.45, 2.75) is 19.9 Å². The van der Waals surface area contributed by atoms with Gasteiger partial charge in [-0.2, -0.15) is 0 Å². The maximum absolute atomic E-state index is 11.5. The zero-order valence-corrected chi connectivity index (χ0v) is 10.2. The third kappa shape index (κ3) is 3.09. The quantitative estimate of drug-likeness (QED) is 0.598. The van der Waals surface area contributed by atoms with E-state index < -0.39 is 12.0 Å². The zero-order valence-electron chi connectivity index (χ0n) is 10.2. The fraction of sp³-hybridized carbons (Fsp3) is 0.364. The molecule has 0 spiro atoms. The zero-order chi connectivity index (χ0) is 13.7. The number of anilines is 2. The van der Waals surface area contributed by atoms with Gasteiger partial charge in [0.1, 0.15) is 6.04 Å². The minimum Gasteiger partial charge on any atom is -0.478 e. The predicted octanol–water partition coefficient (Wildman–Crippen LogP) is 0.299. The number of hydrogen-bond donors (Lipinski definition) is 4. The number of pyridine rings is 1. The molecule has 18 heavy (non-hydrogen) atoms. The number of carbonyl (C=O) groups is 2. The Bertz CT molecular complexity index is 462. The summed E-state index contributed by atoms with van der Waals surface area (Å²) in [5.74, 6) is -1.16. The number of nitrogens with two attached hydrogens (primary N) is 1. The lowest BCUT2D eigenvalue weighted by Gasteiger charge is -2.15. The second kappa shape index (κ2) is 5.85. The second-order valence-corrected chi connectivity index (χ2v) is 3.69. The van der Waals surface area contributed by atoms with Crippen LogP contribution in [0.5, 0.6) is 0 Å². The van der Waals surface area contributed by atoms with E-state index in [-0.39, 0.29) is 23.0 Å². The number of nitrogen functional groups attached to an aromatic ring is 1. The molecular weight excluding hydrogens is 236 g/mol. The van der Waals surface area contributed by atoms with Crippen LogP contribution in [0.3, 0.4) is 0 Å². The van der Waals surface area contributed by atoms with Crippen molar-refractivity contribution < 1.29 is 14.7 Å². The molecule has 98 valence electrons. The number of aromatic nitrogens is 1. The van der Waals surface area contributed by atoms with Crippen molar-refractivity contribution in [3.63, 3.8) is 0 Å². The Hall–Kier alpha value is -2.31. The monoisotopic (exact) mass is 252 g/mol. The lowest BCUT2D eigenvalue weighted by Crippen LogP contribution is -2.37. The molecule has 0 saturated carbocycles. The minimum atomic E-state index is -1.14. The Morgan fingerprint density at radius 3 is 2.78 bits per heavy atom. The summed E-state index contributed by atoms with van der Waals surface area (Å²) >= 11 is 0. The summed E-state index contributed by atoms with van der Waals surface area (Å²) in [6.07, 6.45) is 1.33. The van der Waals surface area contributed by atoms with E-state index in [1.165, 1.54) is 12.3 Å². The molecule has 1 amide bonds. The fourth-order valence-corrected chi connectivity index (χ4v) is 1.37. The number of carbonyl (C=O) groups excluding carboxylic acids is 1. The first kappa shape index (κ1) is 13.8. The van der Waals surface area contributed by atoms with Crippen LogP contribution in [0, 0.1) is 0 Å². The molecule has 7 heteroatoms. The van der Waals surface area contributed by atoms with Crippen molar-refractivity contribution in [1.29, 1.82) is 0 Å². The standard InChI is InChI=1S/C11H16N4O3/c1-3-13-10(16)6(2)15-9-8(12)7(11(17)18)4-5-14-9/h4-6H,3,12H2,1-2H3,(H,13,16)(H,14,15)(H,17,18). The number of hydrogen-bond acceptors (Lipinski definition) is 5. The molecule has 0 radical (unpaired) electrons. The molecule has 1 aromatic rings. The third-order valence-corrected chi connectivity index (χ3v) is 2.32. The van der Waals surface area contributed by atoms with E-state index in [2.05, 4.69) is 15.6 Å². The topological polar surface area (TPSA) is 117 Å². The third-order valence-electron chi connectivity index (χ3n) is 2.32. The van der Waals surface area contributed by atoms with E-state index >= 15 is 0 Å². The molecule has 0 aliphatic carbocycles. The van der Waals surface area contributed by atoms with E-state index in [1.807, 2.05) is 6.92 Å². The number of carboxylic acid groups (broad SMARTS) is 1. The van der Waals surface area contributed by atoms with Crippen molar-refractivity contribution in [3.8, 4) is 0 Å². The van der Waals surface area contributed by atoms with Crippen LogP contribution >= 0.6 is 0 Å². The van der Waals surface area contributed by atoms with Gasteiger partial charge >= 0.3 is 5.97 Å². The lowest BCUT2D eigenvalue weighted by molar-refractivity contribution is -0.121. The molecule has 1 heterocycles. The van der Waals surface area contributed by atoms with Crippen LogP contribution in [-0.4, -0.2) is 34.6 Å². The van der Waals surface area contributed by atoms with E-state index in [9.17, 15) is 9.59 Å². The molecular formula is C11H16N4O3. The van der Waals surface area contributed by atoms with Gasteiger partial charge in [0.15, 0.2) is 5.82 Å². The highest BCUT2D eigenvalue weighted by molar-refractivity contribution is 5.96. The van der Waals surface area contributed by atoms with Gasteiger partial charge in [-0.25, -0.2) is 9.78 Å². The smallest absolute Gasteiger partial charge is 0.337 e. The number of likely N-dealkylation sites (N-methyl/N-ethyl adjacent to an activating group) is 1. The molecule has 1 rings (SSSR count). The van der Waals surface area contributed by atoms with E-state index in [0.717, 1.165) is 0 Å². The van der Waals surface area contributed by atoms with Crippen LogP contribution in [0.1, 0.15) is 24.2 Å². The highest BCUT2D eigenvalue weighted by Gasteiger charge is 2.16. The molecule has 1 atom stereocenters. The molecule has 0 saturated heterocycles. The van der Waals surface area contributed by atoms with Crippen LogP contribution in [0.15, 0.2) is 12.3 Å². The van der Waals surface area contributed by atoms with Gasteiger partial charge in [-0.15, -0.1) is 0 Å². The van der Waals surface area contributed by atoms with Crippen LogP contribution in [0.4, 0.5) is 11.5 Å². The van der Waals surface area contributed by atoms with Crippen molar-refractivity contribution in [2.24, 2.45) is 0 Å². The first-order chi connectivity index (χ1) is 8.47. The molecule has 7 nitrogen and oxygen atoms in total. The number of carboxylic acids is 1. The molecule has 0 aliphatic heterocycles. The Balaban J connectivity index is 2.88. The Morgan fingerprint density at radius 2 is 2.22 bits per heavy atom. The summed E-state index contributed by atoms with van der Waals surface area (Å²) in [6, 6.07) is 0.753. The summed E-state index contributed by atoms with van der Waals surface area (Å²) in [7, 11) is 0. The van der Waals surface area contributed by atoms with Crippen molar-refractivity contribution in [1.82, 2.24) is 10.3 Å². The molecule has 1 unspecified atom stereocenters. The SMILES string of the molecule is CCNC(=O)C(C)Nc1nccc(C(=O)O)c1N. The number of aromatic carboxylic acids is 1. The molecule has 0 aromatic carbocycles. The summed E-state index contributed by atoms with van der Waals surface area (Å²) < 4.78 is 0. The van der Waals surface area contributed by atoms with Crippen molar-refractivity contribution in [3.05, 3.63) is 17.8 Å². The van der Waals surface area contributed by atoms with Crippen LogP contribution < -0.4 is 16.4 Å². The number of nitrogens with zero attached hydrogens (tertiary/aromatic N) is 1. The fourth-order valence-electron chi connectivity index (χ4n) is 1.37. The lowest BCUT2D eigenvalue weighted by atomic mass is 10.2. The average molecular weight is 252 g/mol. The first-order valence-corrected chi connectivity index (χ1v) is 5.49. The van der Waals surface area contributed by atoms with E-state index in [1.54, 1.807) is 6.92 Å². The number of nitrogens with one attached hydrogen (secondary N) is 2. The maximum Gasteiger partial charge on any atom is 0.337 e. The summed E-state index contributed by atoms with van der Waals surface area (Å²) in [4.78, 5) is 26.3.